The van der Waals surface area contributed by atoms with Gasteiger partial charge in [0.1, 0.15) is 0 Å². The molecule has 0 saturated heterocycles. The van der Waals surface area contributed by atoms with Crippen molar-refractivity contribution < 1.29 is 0 Å². The molecule has 1 heterocycles. The van der Waals surface area contributed by atoms with Crippen molar-refractivity contribution in [1.82, 2.24) is 15.6 Å². The summed E-state index contributed by atoms with van der Waals surface area (Å²) in [7, 11) is 1.78. The smallest absolute Gasteiger partial charge is 0.191 e. The highest BCUT2D eigenvalue weighted by Gasteiger charge is 2.20. The van der Waals surface area contributed by atoms with Crippen molar-refractivity contribution in [3.63, 3.8) is 0 Å². The minimum absolute atomic E-state index is 0. The highest BCUT2D eigenvalue weighted by Crippen LogP contribution is 2.23. The van der Waals surface area contributed by atoms with E-state index < -0.39 is 0 Å². The van der Waals surface area contributed by atoms with Gasteiger partial charge >= 0.3 is 0 Å². The molecule has 0 saturated carbocycles. The molecule has 4 nitrogen and oxygen atoms in total. The molecule has 0 aliphatic rings. The molecule has 2 aromatic rings. The summed E-state index contributed by atoms with van der Waals surface area (Å²) in [5.41, 5.74) is 2.29. The maximum Gasteiger partial charge on any atom is 0.191 e. The number of benzene rings is 1. The van der Waals surface area contributed by atoms with Gasteiger partial charge in [0.05, 0.1) is 0 Å². The molecule has 0 unspecified atom stereocenters. The molecule has 0 spiro atoms. The van der Waals surface area contributed by atoms with Crippen molar-refractivity contribution in [2.45, 2.75) is 25.7 Å². The van der Waals surface area contributed by atoms with E-state index in [0.717, 1.165) is 36.2 Å². The van der Waals surface area contributed by atoms with Crippen LogP contribution in [0.25, 0.3) is 0 Å². The molecular weight excluding hydrogens is 447 g/mol. The zero-order valence-electron chi connectivity index (χ0n) is 14.9. The van der Waals surface area contributed by atoms with Gasteiger partial charge < -0.3 is 10.6 Å². The Morgan fingerprint density at radius 3 is 2.44 bits per heavy atom. The Balaban J connectivity index is 0.00000312. The molecule has 2 rings (SSSR count). The molecule has 1 aromatic carbocycles. The van der Waals surface area contributed by atoms with Crippen molar-refractivity contribution in [3.8, 4) is 0 Å². The van der Waals surface area contributed by atoms with Crippen LogP contribution in [0.4, 0.5) is 0 Å². The highest BCUT2D eigenvalue weighted by molar-refractivity contribution is 14.0. The molecular formula is C19H26ClIN4. The third kappa shape index (κ3) is 7.20. The molecule has 0 amide bonds. The number of aliphatic imine (C=N–C) groups is 1. The van der Waals surface area contributed by atoms with E-state index in [1.807, 2.05) is 36.5 Å². The van der Waals surface area contributed by atoms with E-state index >= 15 is 0 Å². The van der Waals surface area contributed by atoms with E-state index in [1.54, 1.807) is 7.05 Å². The number of nitrogens with zero attached hydrogens (tertiary/aromatic N) is 2. The molecule has 0 aliphatic heterocycles. The summed E-state index contributed by atoms with van der Waals surface area (Å²) in [6.45, 7) is 5.96. The monoisotopic (exact) mass is 472 g/mol. The maximum atomic E-state index is 5.97. The SMILES string of the molecule is CN=C(NCCc1ccccn1)NCC(C)(C)c1ccc(Cl)cc1.I. The number of aromatic nitrogens is 1. The van der Waals surface area contributed by atoms with Crippen molar-refractivity contribution in [1.29, 1.82) is 0 Å². The van der Waals surface area contributed by atoms with Crippen LogP contribution in [0.5, 0.6) is 0 Å². The van der Waals surface area contributed by atoms with Gasteiger partial charge in [0.25, 0.3) is 0 Å². The fourth-order valence-electron chi connectivity index (χ4n) is 2.38. The fraction of sp³-hybridized carbons (Fsp3) is 0.368. The summed E-state index contributed by atoms with van der Waals surface area (Å²) in [6, 6.07) is 14.0. The zero-order valence-corrected chi connectivity index (χ0v) is 18.0. The van der Waals surface area contributed by atoms with Crippen LogP contribution >= 0.6 is 35.6 Å². The molecule has 0 fully saturated rings. The van der Waals surface area contributed by atoms with Crippen LogP contribution in [0.2, 0.25) is 5.02 Å². The lowest BCUT2D eigenvalue weighted by molar-refractivity contribution is 0.508. The topological polar surface area (TPSA) is 49.3 Å². The average molecular weight is 473 g/mol. The van der Waals surface area contributed by atoms with Gasteiger partial charge in [-0.2, -0.15) is 0 Å². The largest absolute Gasteiger partial charge is 0.356 e. The van der Waals surface area contributed by atoms with E-state index in [-0.39, 0.29) is 29.4 Å². The van der Waals surface area contributed by atoms with Crippen molar-refractivity contribution in [2.24, 2.45) is 4.99 Å². The Bertz CT molecular complexity index is 657. The Kier molecular flexibility index (Phi) is 9.21. The minimum Gasteiger partial charge on any atom is -0.356 e. The fourth-order valence-corrected chi connectivity index (χ4v) is 2.51. The molecule has 0 radical (unpaired) electrons. The zero-order chi connectivity index (χ0) is 17.4. The lowest BCUT2D eigenvalue weighted by Crippen LogP contribution is -2.44. The van der Waals surface area contributed by atoms with Gasteiger partial charge in [-0.25, -0.2) is 0 Å². The molecule has 2 N–H and O–H groups in total. The van der Waals surface area contributed by atoms with E-state index in [0.29, 0.717) is 0 Å². The second-order valence-corrected chi connectivity index (χ2v) is 6.75. The lowest BCUT2D eigenvalue weighted by Gasteiger charge is -2.27. The first-order chi connectivity index (χ1) is 11.5. The van der Waals surface area contributed by atoms with Gasteiger partial charge in [0.2, 0.25) is 0 Å². The predicted molar refractivity (Wildman–Crippen MR) is 117 cm³/mol. The quantitative estimate of drug-likeness (QED) is 0.379. The molecule has 0 aliphatic carbocycles. The van der Waals surface area contributed by atoms with Gasteiger partial charge in [-0.15, -0.1) is 24.0 Å². The van der Waals surface area contributed by atoms with Gasteiger partial charge in [-0.1, -0.05) is 43.6 Å². The van der Waals surface area contributed by atoms with Crippen molar-refractivity contribution in [3.05, 3.63) is 64.9 Å². The third-order valence-electron chi connectivity index (χ3n) is 3.95. The van der Waals surface area contributed by atoms with Gasteiger partial charge in [-0.3, -0.25) is 9.98 Å². The minimum atomic E-state index is -0.0246. The predicted octanol–water partition coefficient (Wildman–Crippen LogP) is 4.04. The third-order valence-corrected chi connectivity index (χ3v) is 4.20. The first-order valence-corrected chi connectivity index (χ1v) is 8.49. The van der Waals surface area contributed by atoms with Crippen LogP contribution in [0.15, 0.2) is 53.7 Å². The van der Waals surface area contributed by atoms with Crippen LogP contribution in [-0.4, -0.2) is 31.1 Å². The summed E-state index contributed by atoms with van der Waals surface area (Å²) in [4.78, 5) is 8.61. The molecule has 136 valence electrons. The van der Waals surface area contributed by atoms with Crippen LogP contribution in [-0.2, 0) is 11.8 Å². The number of halogens is 2. The number of hydrogen-bond donors (Lipinski definition) is 2. The number of rotatable bonds is 6. The van der Waals surface area contributed by atoms with Gasteiger partial charge in [-0.05, 0) is 29.8 Å². The van der Waals surface area contributed by atoms with Gasteiger partial charge in [0.15, 0.2) is 5.96 Å². The van der Waals surface area contributed by atoms with Crippen LogP contribution in [0, 0.1) is 0 Å². The van der Waals surface area contributed by atoms with Crippen LogP contribution in [0.1, 0.15) is 25.1 Å². The number of pyridine rings is 1. The van der Waals surface area contributed by atoms with E-state index in [2.05, 4.69) is 46.6 Å². The Labute approximate surface area is 172 Å². The van der Waals surface area contributed by atoms with Crippen molar-refractivity contribution >= 4 is 41.5 Å². The second-order valence-electron chi connectivity index (χ2n) is 6.31. The average Bonchev–Trinajstić information content (AvgIpc) is 2.59. The molecule has 0 bridgehead atoms. The number of hydrogen-bond acceptors (Lipinski definition) is 2. The summed E-state index contributed by atoms with van der Waals surface area (Å²) in [6.07, 6.45) is 2.68. The van der Waals surface area contributed by atoms with Crippen LogP contribution < -0.4 is 10.6 Å². The Morgan fingerprint density at radius 1 is 1.12 bits per heavy atom. The first-order valence-electron chi connectivity index (χ1n) is 8.12. The van der Waals surface area contributed by atoms with Gasteiger partial charge in [0, 0.05) is 48.9 Å². The van der Waals surface area contributed by atoms with E-state index in [4.69, 9.17) is 11.6 Å². The second kappa shape index (κ2) is 10.6. The first kappa shape index (κ1) is 21.7. The number of guanidine groups is 1. The molecule has 6 heteroatoms. The van der Waals surface area contributed by atoms with Crippen molar-refractivity contribution in [2.75, 3.05) is 20.1 Å². The molecule has 0 atom stereocenters. The summed E-state index contributed by atoms with van der Waals surface area (Å²) in [5, 5.41) is 7.48. The maximum absolute atomic E-state index is 5.97. The van der Waals surface area contributed by atoms with E-state index in [1.165, 1.54) is 5.56 Å². The van der Waals surface area contributed by atoms with E-state index in [9.17, 15) is 0 Å². The highest BCUT2D eigenvalue weighted by atomic mass is 127. The van der Waals surface area contributed by atoms with Crippen LogP contribution in [0.3, 0.4) is 0 Å². The lowest BCUT2D eigenvalue weighted by atomic mass is 9.85. The molecule has 25 heavy (non-hydrogen) atoms. The Hall–Kier alpha value is -1.34. The summed E-state index contributed by atoms with van der Waals surface area (Å²) in [5.74, 6) is 0.799. The summed E-state index contributed by atoms with van der Waals surface area (Å²) >= 11 is 5.97. The standard InChI is InChI=1S/C19H25ClN4.HI/c1-19(2,15-7-9-16(20)10-8-15)14-24-18(21-3)23-13-11-17-6-4-5-12-22-17;/h4-10,12H,11,13-14H2,1-3H3,(H2,21,23,24);1H. The Morgan fingerprint density at radius 2 is 1.84 bits per heavy atom. The normalized spacial score (nSPS) is 11.6. The summed E-state index contributed by atoms with van der Waals surface area (Å²) < 4.78 is 0. The molecule has 1 aromatic heterocycles. The number of nitrogens with one attached hydrogen (secondary N) is 2.